The van der Waals surface area contributed by atoms with Crippen LogP contribution in [0.3, 0.4) is 0 Å². The number of anilines is 2. The lowest BCUT2D eigenvalue weighted by Crippen LogP contribution is -2.48. The summed E-state index contributed by atoms with van der Waals surface area (Å²) >= 11 is 0. The number of methoxy groups -OCH3 is 2. The number of benzene rings is 3. The SMILES string of the molecule is COc1ccc(NC(=O)[C@@H]2CN(S(=O)(=O)c3ccc(C)cc3)c3cc(C)ccc3O2)cc1OC. The van der Waals surface area contributed by atoms with E-state index in [1.54, 1.807) is 54.6 Å². The van der Waals surface area contributed by atoms with E-state index in [1.807, 2.05) is 19.9 Å². The molecular weight excluding hydrogens is 456 g/mol. The van der Waals surface area contributed by atoms with Crippen molar-refractivity contribution in [3.8, 4) is 17.2 Å². The molecular formula is C25H26N2O6S. The van der Waals surface area contributed by atoms with Crippen LogP contribution in [0, 0.1) is 13.8 Å². The summed E-state index contributed by atoms with van der Waals surface area (Å²) < 4.78 is 44.8. The van der Waals surface area contributed by atoms with Gasteiger partial charge in [0, 0.05) is 11.8 Å². The van der Waals surface area contributed by atoms with Gasteiger partial charge in [-0.1, -0.05) is 23.8 Å². The van der Waals surface area contributed by atoms with Gasteiger partial charge in [-0.05, 0) is 55.8 Å². The van der Waals surface area contributed by atoms with Gasteiger partial charge in [0.05, 0.1) is 31.3 Å². The van der Waals surface area contributed by atoms with Gasteiger partial charge >= 0.3 is 0 Å². The van der Waals surface area contributed by atoms with Gasteiger partial charge < -0.3 is 19.5 Å². The molecule has 1 atom stereocenters. The summed E-state index contributed by atoms with van der Waals surface area (Å²) in [5, 5.41) is 2.78. The van der Waals surface area contributed by atoms with Crippen LogP contribution in [0.2, 0.25) is 0 Å². The Bertz CT molecular complexity index is 1320. The Morgan fingerprint density at radius 2 is 1.62 bits per heavy atom. The van der Waals surface area contributed by atoms with Crippen molar-refractivity contribution < 1.29 is 27.4 Å². The molecule has 1 amide bonds. The molecule has 178 valence electrons. The van der Waals surface area contributed by atoms with Gasteiger partial charge in [-0.2, -0.15) is 0 Å². The number of hydrogen-bond acceptors (Lipinski definition) is 6. The van der Waals surface area contributed by atoms with Crippen LogP contribution in [0.5, 0.6) is 17.2 Å². The average molecular weight is 483 g/mol. The first-order chi connectivity index (χ1) is 16.2. The summed E-state index contributed by atoms with van der Waals surface area (Å²) in [6.45, 7) is 3.58. The second-order valence-electron chi connectivity index (χ2n) is 7.99. The minimum atomic E-state index is -3.93. The number of amides is 1. The van der Waals surface area contributed by atoms with Crippen LogP contribution >= 0.6 is 0 Å². The zero-order chi connectivity index (χ0) is 24.5. The number of carbonyl (C=O) groups excluding carboxylic acids is 1. The number of rotatable bonds is 6. The Morgan fingerprint density at radius 3 is 2.29 bits per heavy atom. The number of hydrogen-bond donors (Lipinski definition) is 1. The largest absolute Gasteiger partial charge is 0.493 e. The number of nitrogens with zero attached hydrogens (tertiary/aromatic N) is 1. The van der Waals surface area contributed by atoms with Crippen molar-refractivity contribution >= 4 is 27.3 Å². The molecule has 0 bridgehead atoms. The smallest absolute Gasteiger partial charge is 0.267 e. The molecule has 1 heterocycles. The van der Waals surface area contributed by atoms with Crippen molar-refractivity contribution in [2.75, 3.05) is 30.4 Å². The van der Waals surface area contributed by atoms with Gasteiger partial charge in [0.1, 0.15) is 5.75 Å². The Balaban J connectivity index is 1.66. The molecule has 0 aliphatic carbocycles. The van der Waals surface area contributed by atoms with E-state index in [9.17, 15) is 13.2 Å². The van der Waals surface area contributed by atoms with Crippen LogP contribution in [0.25, 0.3) is 0 Å². The summed E-state index contributed by atoms with van der Waals surface area (Å²) in [5.41, 5.74) is 2.69. The zero-order valence-corrected chi connectivity index (χ0v) is 20.2. The molecule has 1 aliphatic heterocycles. The molecule has 0 unspecified atom stereocenters. The van der Waals surface area contributed by atoms with Gasteiger partial charge in [-0.3, -0.25) is 9.10 Å². The fraction of sp³-hybridized carbons (Fsp3) is 0.240. The van der Waals surface area contributed by atoms with Crippen LogP contribution < -0.4 is 23.8 Å². The van der Waals surface area contributed by atoms with Crippen LogP contribution in [-0.2, 0) is 14.8 Å². The number of carbonyl (C=O) groups is 1. The van der Waals surface area contributed by atoms with E-state index in [0.717, 1.165) is 11.1 Å². The molecule has 0 saturated carbocycles. The standard InChI is InChI=1S/C25H26N2O6S/c1-16-5-9-19(10-6-16)34(29,30)27-15-24(33-21-11-7-17(2)13-20(21)27)25(28)26-18-8-12-22(31-3)23(14-18)32-4/h5-14,24H,15H2,1-4H3,(H,26,28)/t24-/m0/s1. The number of sulfonamides is 1. The van der Waals surface area contributed by atoms with Gasteiger partial charge in [0.25, 0.3) is 15.9 Å². The maximum absolute atomic E-state index is 13.6. The highest BCUT2D eigenvalue weighted by atomic mass is 32.2. The van der Waals surface area contributed by atoms with Crippen molar-refractivity contribution in [2.45, 2.75) is 24.8 Å². The van der Waals surface area contributed by atoms with E-state index in [1.165, 1.54) is 18.5 Å². The number of fused-ring (bicyclic) bond motifs is 1. The molecule has 0 fully saturated rings. The minimum absolute atomic E-state index is 0.145. The molecule has 0 aromatic heterocycles. The van der Waals surface area contributed by atoms with E-state index in [2.05, 4.69) is 5.32 Å². The number of ether oxygens (including phenoxy) is 3. The first-order valence-corrected chi connectivity index (χ1v) is 12.1. The van der Waals surface area contributed by atoms with Crippen LogP contribution in [0.4, 0.5) is 11.4 Å². The van der Waals surface area contributed by atoms with Crippen molar-refractivity contribution in [2.24, 2.45) is 0 Å². The van der Waals surface area contributed by atoms with E-state index in [0.29, 0.717) is 28.6 Å². The average Bonchev–Trinajstić information content (AvgIpc) is 2.83. The van der Waals surface area contributed by atoms with Crippen molar-refractivity contribution in [3.63, 3.8) is 0 Å². The van der Waals surface area contributed by atoms with E-state index in [4.69, 9.17) is 14.2 Å². The van der Waals surface area contributed by atoms with Crippen LogP contribution in [0.1, 0.15) is 11.1 Å². The van der Waals surface area contributed by atoms with Crippen LogP contribution in [-0.4, -0.2) is 41.2 Å². The first kappa shape index (κ1) is 23.4. The summed E-state index contributed by atoms with van der Waals surface area (Å²) in [5.74, 6) is 0.811. The normalized spacial score (nSPS) is 15.2. The molecule has 0 saturated heterocycles. The summed E-state index contributed by atoms with van der Waals surface area (Å²) in [4.78, 5) is 13.3. The van der Waals surface area contributed by atoms with Crippen molar-refractivity contribution in [3.05, 3.63) is 71.8 Å². The molecule has 1 aliphatic rings. The van der Waals surface area contributed by atoms with Gasteiger partial charge in [0.2, 0.25) is 0 Å². The van der Waals surface area contributed by atoms with E-state index in [-0.39, 0.29) is 11.4 Å². The quantitative estimate of drug-likeness (QED) is 0.573. The monoisotopic (exact) mass is 482 g/mol. The fourth-order valence-electron chi connectivity index (χ4n) is 3.70. The predicted octanol–water partition coefficient (Wildman–Crippen LogP) is 3.92. The maximum Gasteiger partial charge on any atom is 0.267 e. The fourth-order valence-corrected chi connectivity index (χ4v) is 5.17. The van der Waals surface area contributed by atoms with Crippen molar-refractivity contribution in [1.29, 1.82) is 0 Å². The Labute approximate surface area is 199 Å². The minimum Gasteiger partial charge on any atom is -0.493 e. The maximum atomic E-state index is 13.6. The Hall–Kier alpha value is -3.72. The second-order valence-corrected chi connectivity index (χ2v) is 9.85. The number of nitrogens with one attached hydrogen (secondary N) is 1. The van der Waals surface area contributed by atoms with E-state index < -0.39 is 22.0 Å². The topological polar surface area (TPSA) is 94.2 Å². The molecule has 3 aromatic carbocycles. The first-order valence-electron chi connectivity index (χ1n) is 10.6. The lowest BCUT2D eigenvalue weighted by molar-refractivity contribution is -0.122. The Kier molecular flexibility index (Phi) is 6.39. The van der Waals surface area contributed by atoms with Gasteiger partial charge in [0.15, 0.2) is 17.6 Å². The zero-order valence-electron chi connectivity index (χ0n) is 19.4. The van der Waals surface area contributed by atoms with Crippen LogP contribution in [0.15, 0.2) is 65.6 Å². The lowest BCUT2D eigenvalue weighted by Gasteiger charge is -2.35. The highest BCUT2D eigenvalue weighted by Crippen LogP contribution is 2.38. The third kappa shape index (κ3) is 4.51. The Morgan fingerprint density at radius 1 is 0.941 bits per heavy atom. The summed E-state index contributed by atoms with van der Waals surface area (Å²) in [6, 6.07) is 16.8. The molecule has 0 spiro atoms. The third-order valence-electron chi connectivity index (χ3n) is 5.54. The molecule has 4 rings (SSSR count). The predicted molar refractivity (Wildman–Crippen MR) is 129 cm³/mol. The third-order valence-corrected chi connectivity index (χ3v) is 7.33. The molecule has 3 aromatic rings. The molecule has 9 heteroatoms. The van der Waals surface area contributed by atoms with Crippen molar-refractivity contribution in [1.82, 2.24) is 0 Å². The lowest BCUT2D eigenvalue weighted by atomic mass is 10.1. The summed E-state index contributed by atoms with van der Waals surface area (Å²) in [7, 11) is -0.909. The second kappa shape index (κ2) is 9.26. The van der Waals surface area contributed by atoms with Gasteiger partial charge in [-0.15, -0.1) is 0 Å². The highest BCUT2D eigenvalue weighted by molar-refractivity contribution is 7.92. The summed E-state index contributed by atoms with van der Waals surface area (Å²) in [6.07, 6.45) is -1.07. The molecule has 1 N–H and O–H groups in total. The van der Waals surface area contributed by atoms with Gasteiger partial charge in [-0.25, -0.2) is 8.42 Å². The molecule has 34 heavy (non-hydrogen) atoms. The molecule has 0 radical (unpaired) electrons. The number of aryl methyl sites for hydroxylation is 2. The highest BCUT2D eigenvalue weighted by Gasteiger charge is 2.37. The van der Waals surface area contributed by atoms with E-state index >= 15 is 0 Å². The molecule has 8 nitrogen and oxygen atoms in total.